The summed E-state index contributed by atoms with van der Waals surface area (Å²) in [5.74, 6) is 0.173. The summed E-state index contributed by atoms with van der Waals surface area (Å²) < 4.78 is 26.5. The molecule has 2 atom stereocenters. The standard InChI is InChI=1S/C11H16ClN3O3S/c12-11-13-6-10(7-14-11)19(17,18)15-5-8-2-1-3-9(16)4-8/h6-9,15-16H,1-5H2. The number of aliphatic hydroxyl groups is 1. The summed E-state index contributed by atoms with van der Waals surface area (Å²) in [4.78, 5) is 7.29. The topological polar surface area (TPSA) is 92.2 Å². The zero-order valence-corrected chi connectivity index (χ0v) is 11.9. The van der Waals surface area contributed by atoms with Crippen molar-refractivity contribution in [1.29, 1.82) is 0 Å². The van der Waals surface area contributed by atoms with Crippen LogP contribution in [0.15, 0.2) is 17.3 Å². The zero-order chi connectivity index (χ0) is 13.9. The molecule has 2 unspecified atom stereocenters. The van der Waals surface area contributed by atoms with E-state index < -0.39 is 10.0 Å². The lowest BCUT2D eigenvalue weighted by Gasteiger charge is -2.25. The van der Waals surface area contributed by atoms with Gasteiger partial charge in [0, 0.05) is 6.54 Å². The van der Waals surface area contributed by atoms with Gasteiger partial charge in [-0.2, -0.15) is 0 Å². The Morgan fingerprint density at radius 2 is 2.05 bits per heavy atom. The molecular formula is C11H16ClN3O3S. The molecule has 6 nitrogen and oxygen atoms in total. The van der Waals surface area contributed by atoms with Gasteiger partial charge in [-0.25, -0.2) is 23.1 Å². The second-order valence-electron chi connectivity index (χ2n) is 4.73. The number of nitrogens with one attached hydrogen (secondary N) is 1. The fraction of sp³-hybridized carbons (Fsp3) is 0.636. The molecule has 0 bridgehead atoms. The number of hydrogen-bond acceptors (Lipinski definition) is 5. The first kappa shape index (κ1) is 14.6. The molecule has 0 amide bonds. The van der Waals surface area contributed by atoms with Crippen molar-refractivity contribution in [3.8, 4) is 0 Å². The summed E-state index contributed by atoms with van der Waals surface area (Å²) in [6.45, 7) is 0.321. The molecule has 1 fully saturated rings. The molecule has 0 aliphatic heterocycles. The van der Waals surface area contributed by atoms with Gasteiger partial charge >= 0.3 is 0 Å². The van der Waals surface area contributed by atoms with Gasteiger partial charge in [-0.15, -0.1) is 0 Å². The first-order chi connectivity index (χ1) is 8.97. The molecule has 1 aliphatic rings. The summed E-state index contributed by atoms with van der Waals surface area (Å²) in [5, 5.41) is 9.55. The quantitative estimate of drug-likeness (QED) is 0.808. The van der Waals surface area contributed by atoms with Crippen LogP contribution in [-0.2, 0) is 10.0 Å². The van der Waals surface area contributed by atoms with Crippen molar-refractivity contribution in [1.82, 2.24) is 14.7 Å². The lowest BCUT2D eigenvalue weighted by molar-refractivity contribution is 0.102. The van der Waals surface area contributed by atoms with Gasteiger partial charge in [0.15, 0.2) is 0 Å². The minimum atomic E-state index is -3.61. The lowest BCUT2D eigenvalue weighted by Crippen LogP contribution is -2.33. The molecule has 2 N–H and O–H groups in total. The highest BCUT2D eigenvalue weighted by atomic mass is 35.5. The Morgan fingerprint density at radius 3 is 2.68 bits per heavy atom. The van der Waals surface area contributed by atoms with Crippen molar-refractivity contribution in [2.45, 2.75) is 36.7 Å². The fourth-order valence-electron chi connectivity index (χ4n) is 2.20. The van der Waals surface area contributed by atoms with Gasteiger partial charge < -0.3 is 5.11 Å². The SMILES string of the molecule is O=S(=O)(NCC1CCCC(O)C1)c1cnc(Cl)nc1. The Kier molecular flexibility index (Phi) is 4.72. The molecule has 2 rings (SSSR count). The summed E-state index contributed by atoms with van der Waals surface area (Å²) in [7, 11) is -3.61. The third-order valence-corrected chi connectivity index (χ3v) is 4.80. The van der Waals surface area contributed by atoms with Crippen molar-refractivity contribution in [2.24, 2.45) is 5.92 Å². The van der Waals surface area contributed by atoms with Gasteiger partial charge in [0.1, 0.15) is 4.90 Å². The predicted molar refractivity (Wildman–Crippen MR) is 70.2 cm³/mol. The van der Waals surface area contributed by atoms with E-state index >= 15 is 0 Å². The van der Waals surface area contributed by atoms with E-state index in [0.29, 0.717) is 13.0 Å². The van der Waals surface area contributed by atoms with Crippen LogP contribution in [0, 0.1) is 5.92 Å². The third-order valence-electron chi connectivity index (χ3n) is 3.22. The number of rotatable bonds is 4. The first-order valence-corrected chi connectivity index (χ1v) is 7.99. The molecule has 1 aromatic heterocycles. The Bertz CT molecular complexity index is 520. The van der Waals surface area contributed by atoms with Crippen LogP contribution in [0.25, 0.3) is 0 Å². The molecule has 106 valence electrons. The van der Waals surface area contributed by atoms with Crippen LogP contribution in [0.2, 0.25) is 5.28 Å². The number of sulfonamides is 1. The molecule has 0 radical (unpaired) electrons. The van der Waals surface area contributed by atoms with Crippen molar-refractivity contribution in [3.63, 3.8) is 0 Å². The van der Waals surface area contributed by atoms with Crippen LogP contribution in [0.1, 0.15) is 25.7 Å². The van der Waals surface area contributed by atoms with Crippen LogP contribution in [0.3, 0.4) is 0 Å². The molecule has 1 aliphatic carbocycles. The van der Waals surface area contributed by atoms with E-state index in [1.165, 1.54) is 12.4 Å². The average Bonchev–Trinajstić information content (AvgIpc) is 2.37. The second kappa shape index (κ2) is 6.13. The van der Waals surface area contributed by atoms with Crippen molar-refractivity contribution < 1.29 is 13.5 Å². The molecule has 19 heavy (non-hydrogen) atoms. The maximum atomic E-state index is 12.0. The molecule has 1 heterocycles. The number of nitrogens with zero attached hydrogens (tertiary/aromatic N) is 2. The highest BCUT2D eigenvalue weighted by Crippen LogP contribution is 2.23. The normalized spacial score (nSPS) is 24.3. The molecule has 0 aromatic carbocycles. The van der Waals surface area contributed by atoms with E-state index in [1.54, 1.807) is 0 Å². The van der Waals surface area contributed by atoms with Crippen LogP contribution in [0.5, 0.6) is 0 Å². The molecule has 1 saturated carbocycles. The number of aliphatic hydroxyl groups excluding tert-OH is 1. The molecule has 8 heteroatoms. The van der Waals surface area contributed by atoms with E-state index in [1.807, 2.05) is 0 Å². The molecule has 0 spiro atoms. The van der Waals surface area contributed by atoms with E-state index in [4.69, 9.17) is 11.6 Å². The predicted octanol–water partition coefficient (Wildman–Crippen LogP) is 0.959. The number of halogens is 1. The number of hydrogen-bond donors (Lipinski definition) is 2. The summed E-state index contributed by atoms with van der Waals surface area (Å²) in [6, 6.07) is 0. The van der Waals surface area contributed by atoms with Crippen molar-refractivity contribution in [2.75, 3.05) is 6.54 Å². The average molecular weight is 306 g/mol. The van der Waals surface area contributed by atoms with Crippen LogP contribution < -0.4 is 4.72 Å². The first-order valence-electron chi connectivity index (χ1n) is 6.12. The van der Waals surface area contributed by atoms with E-state index in [-0.39, 0.29) is 22.2 Å². The highest BCUT2D eigenvalue weighted by molar-refractivity contribution is 7.89. The fourth-order valence-corrected chi connectivity index (χ4v) is 3.30. The monoisotopic (exact) mass is 305 g/mol. The van der Waals surface area contributed by atoms with Crippen molar-refractivity contribution >= 4 is 21.6 Å². The van der Waals surface area contributed by atoms with Crippen LogP contribution in [-0.4, -0.2) is 36.1 Å². The third kappa shape index (κ3) is 4.10. The smallest absolute Gasteiger partial charge is 0.243 e. The van der Waals surface area contributed by atoms with Crippen LogP contribution in [0.4, 0.5) is 0 Å². The zero-order valence-electron chi connectivity index (χ0n) is 10.3. The Balaban J connectivity index is 1.96. The second-order valence-corrected chi connectivity index (χ2v) is 6.83. The van der Waals surface area contributed by atoms with Gasteiger partial charge in [0.2, 0.25) is 15.3 Å². The molecule has 1 aromatic rings. The van der Waals surface area contributed by atoms with Crippen LogP contribution >= 0.6 is 11.6 Å². The Morgan fingerprint density at radius 1 is 1.37 bits per heavy atom. The van der Waals surface area contributed by atoms with Gasteiger partial charge in [0.05, 0.1) is 18.5 Å². The summed E-state index contributed by atoms with van der Waals surface area (Å²) in [5.41, 5.74) is 0. The van der Waals surface area contributed by atoms with E-state index in [0.717, 1.165) is 19.3 Å². The van der Waals surface area contributed by atoms with E-state index in [9.17, 15) is 13.5 Å². The Labute approximate surface area is 117 Å². The number of aromatic nitrogens is 2. The minimum Gasteiger partial charge on any atom is -0.393 e. The highest BCUT2D eigenvalue weighted by Gasteiger charge is 2.23. The van der Waals surface area contributed by atoms with Gasteiger partial charge in [-0.3, -0.25) is 0 Å². The molecule has 0 saturated heterocycles. The lowest BCUT2D eigenvalue weighted by atomic mass is 9.87. The minimum absolute atomic E-state index is 0.00624. The summed E-state index contributed by atoms with van der Waals surface area (Å²) in [6.07, 6.45) is 5.32. The van der Waals surface area contributed by atoms with Gasteiger partial charge in [-0.1, -0.05) is 6.42 Å². The van der Waals surface area contributed by atoms with E-state index in [2.05, 4.69) is 14.7 Å². The van der Waals surface area contributed by atoms with Gasteiger partial charge in [-0.05, 0) is 36.8 Å². The maximum absolute atomic E-state index is 12.0. The Hall–Kier alpha value is -0.760. The van der Waals surface area contributed by atoms with Crippen molar-refractivity contribution in [3.05, 3.63) is 17.7 Å². The maximum Gasteiger partial charge on any atom is 0.243 e. The van der Waals surface area contributed by atoms with Gasteiger partial charge in [0.25, 0.3) is 0 Å². The molecular weight excluding hydrogens is 290 g/mol. The summed E-state index contributed by atoms with van der Waals surface area (Å²) >= 11 is 5.51. The largest absolute Gasteiger partial charge is 0.393 e.